The van der Waals surface area contributed by atoms with Crippen molar-refractivity contribution in [2.24, 2.45) is 5.92 Å². The summed E-state index contributed by atoms with van der Waals surface area (Å²) in [6.07, 6.45) is 5.05. The fraction of sp³-hybridized carbons (Fsp3) is 0.647. The van der Waals surface area contributed by atoms with Crippen LogP contribution >= 0.6 is 0 Å². The summed E-state index contributed by atoms with van der Waals surface area (Å²) in [6, 6.07) is 4.18. The normalized spacial score (nSPS) is 17.0. The summed E-state index contributed by atoms with van der Waals surface area (Å²) in [6.45, 7) is 6.41. The molecule has 1 aromatic heterocycles. The van der Waals surface area contributed by atoms with E-state index in [1.165, 1.54) is 12.0 Å². The first-order chi connectivity index (χ1) is 9.91. The Hall–Kier alpha value is -1.60. The van der Waals surface area contributed by atoms with Crippen LogP contribution in [-0.4, -0.2) is 22.2 Å². The molecule has 0 aliphatic heterocycles. The number of fused-ring (bicyclic) bond motifs is 1. The van der Waals surface area contributed by atoms with E-state index in [1.54, 1.807) is 0 Å². The van der Waals surface area contributed by atoms with Gasteiger partial charge < -0.3 is 10.4 Å². The van der Waals surface area contributed by atoms with E-state index < -0.39 is 5.60 Å². The molecule has 1 aliphatic carbocycles. The maximum atomic E-state index is 10.4. The number of anilines is 1. The molecule has 0 spiro atoms. The van der Waals surface area contributed by atoms with Gasteiger partial charge in [-0.05, 0) is 56.6 Å². The quantitative estimate of drug-likeness (QED) is 0.873. The van der Waals surface area contributed by atoms with Crippen molar-refractivity contribution in [3.63, 3.8) is 0 Å². The predicted molar refractivity (Wildman–Crippen MR) is 84.2 cm³/mol. The lowest BCUT2D eigenvalue weighted by molar-refractivity contribution is 0.0514. The third-order valence-electron chi connectivity index (χ3n) is 3.91. The molecule has 2 rings (SSSR count). The summed E-state index contributed by atoms with van der Waals surface area (Å²) in [5.41, 5.74) is 2.10. The second kappa shape index (κ2) is 6.44. The molecule has 4 heteroatoms. The number of hydrogen-bond donors (Lipinski definition) is 2. The zero-order chi connectivity index (χ0) is 15.5. The monoisotopic (exact) mass is 287 g/mol. The lowest BCUT2D eigenvalue weighted by Crippen LogP contribution is -2.35. The molecule has 1 atom stereocenters. The lowest BCUT2D eigenvalue weighted by Gasteiger charge is -2.26. The Labute approximate surface area is 127 Å². The van der Waals surface area contributed by atoms with Crippen molar-refractivity contribution in [3.05, 3.63) is 22.9 Å². The average molecular weight is 287 g/mol. The predicted octanol–water partition coefficient (Wildman–Crippen LogP) is 3.04. The Morgan fingerprint density at radius 1 is 1.43 bits per heavy atom. The summed E-state index contributed by atoms with van der Waals surface area (Å²) in [7, 11) is 0. The van der Waals surface area contributed by atoms with Gasteiger partial charge in [0, 0.05) is 12.2 Å². The number of hydrogen-bond acceptors (Lipinski definition) is 4. The Balaban J connectivity index is 2.14. The van der Waals surface area contributed by atoms with E-state index in [2.05, 4.69) is 30.2 Å². The Kier molecular flexibility index (Phi) is 4.84. The topological polar surface area (TPSA) is 68.9 Å². The molecule has 114 valence electrons. The smallest absolute Gasteiger partial charge is 0.144 e. The largest absolute Gasteiger partial charge is 0.388 e. The van der Waals surface area contributed by atoms with Crippen LogP contribution in [-0.2, 0) is 12.8 Å². The molecule has 0 amide bonds. The van der Waals surface area contributed by atoms with Crippen LogP contribution < -0.4 is 5.32 Å². The first-order valence-corrected chi connectivity index (χ1v) is 7.80. The molecule has 0 bridgehead atoms. The Morgan fingerprint density at radius 2 is 2.14 bits per heavy atom. The van der Waals surface area contributed by atoms with E-state index in [1.807, 2.05) is 13.0 Å². The fourth-order valence-corrected chi connectivity index (χ4v) is 3.08. The van der Waals surface area contributed by atoms with Crippen molar-refractivity contribution in [1.29, 1.82) is 5.26 Å². The van der Waals surface area contributed by atoms with Crippen LogP contribution in [0.5, 0.6) is 0 Å². The SMILES string of the molecule is CC(C)CC(C)(O)CNc1nc2c(cc1C#N)CCCC2. The van der Waals surface area contributed by atoms with Crippen LogP contribution in [0.2, 0.25) is 0 Å². The molecular weight excluding hydrogens is 262 g/mol. The van der Waals surface area contributed by atoms with Crippen molar-refractivity contribution in [1.82, 2.24) is 4.98 Å². The minimum atomic E-state index is -0.793. The van der Waals surface area contributed by atoms with E-state index in [0.717, 1.165) is 25.0 Å². The van der Waals surface area contributed by atoms with E-state index in [4.69, 9.17) is 0 Å². The number of aromatic nitrogens is 1. The maximum absolute atomic E-state index is 10.4. The second-order valence-electron chi connectivity index (χ2n) is 6.76. The van der Waals surface area contributed by atoms with Crippen LogP contribution in [0.4, 0.5) is 5.82 Å². The molecule has 2 N–H and O–H groups in total. The van der Waals surface area contributed by atoms with Crippen molar-refractivity contribution < 1.29 is 5.11 Å². The molecule has 21 heavy (non-hydrogen) atoms. The molecule has 0 saturated heterocycles. The van der Waals surface area contributed by atoms with Gasteiger partial charge in [-0.3, -0.25) is 0 Å². The van der Waals surface area contributed by atoms with Gasteiger partial charge in [-0.25, -0.2) is 4.98 Å². The number of aliphatic hydroxyl groups is 1. The highest BCUT2D eigenvalue weighted by atomic mass is 16.3. The van der Waals surface area contributed by atoms with E-state index in [0.29, 0.717) is 30.3 Å². The molecule has 1 aromatic rings. The Morgan fingerprint density at radius 3 is 2.81 bits per heavy atom. The number of nitriles is 1. The average Bonchev–Trinajstić information content (AvgIpc) is 2.42. The van der Waals surface area contributed by atoms with Gasteiger partial charge in [-0.2, -0.15) is 5.26 Å². The second-order valence-corrected chi connectivity index (χ2v) is 6.76. The fourth-order valence-electron chi connectivity index (χ4n) is 3.08. The van der Waals surface area contributed by atoms with Crippen molar-refractivity contribution in [2.45, 2.75) is 58.5 Å². The molecule has 1 unspecified atom stereocenters. The van der Waals surface area contributed by atoms with Gasteiger partial charge >= 0.3 is 0 Å². The minimum absolute atomic E-state index is 0.408. The molecule has 1 heterocycles. The number of rotatable bonds is 5. The van der Waals surface area contributed by atoms with Gasteiger partial charge in [0.15, 0.2) is 0 Å². The Bertz CT molecular complexity index is 544. The first kappa shape index (κ1) is 15.8. The molecule has 0 aromatic carbocycles. The molecule has 0 fully saturated rings. The van der Waals surface area contributed by atoms with Crippen molar-refractivity contribution in [3.8, 4) is 6.07 Å². The van der Waals surface area contributed by atoms with Crippen LogP contribution in [0.3, 0.4) is 0 Å². The van der Waals surface area contributed by atoms with Gasteiger partial charge in [0.2, 0.25) is 0 Å². The minimum Gasteiger partial charge on any atom is -0.388 e. The van der Waals surface area contributed by atoms with E-state index in [-0.39, 0.29) is 0 Å². The first-order valence-electron chi connectivity index (χ1n) is 7.80. The van der Waals surface area contributed by atoms with Crippen LogP contribution in [0.15, 0.2) is 6.07 Å². The zero-order valence-electron chi connectivity index (χ0n) is 13.2. The summed E-state index contributed by atoms with van der Waals surface area (Å²) >= 11 is 0. The molecule has 0 radical (unpaired) electrons. The third-order valence-corrected chi connectivity index (χ3v) is 3.91. The van der Waals surface area contributed by atoms with Crippen LogP contribution in [0.25, 0.3) is 0 Å². The molecular formula is C17H25N3O. The summed E-state index contributed by atoms with van der Waals surface area (Å²) in [4.78, 5) is 4.62. The third kappa shape index (κ3) is 4.18. The molecule has 0 saturated carbocycles. The standard InChI is InChI=1S/C17H25N3O/c1-12(2)9-17(3,21)11-19-16-14(10-18)8-13-6-4-5-7-15(13)20-16/h8,12,21H,4-7,9,11H2,1-3H3,(H,19,20). The number of nitrogens with zero attached hydrogens (tertiary/aromatic N) is 2. The van der Waals surface area contributed by atoms with Gasteiger partial charge in [-0.15, -0.1) is 0 Å². The van der Waals surface area contributed by atoms with Crippen molar-refractivity contribution in [2.75, 3.05) is 11.9 Å². The highest BCUT2D eigenvalue weighted by Crippen LogP contribution is 2.25. The van der Waals surface area contributed by atoms with Crippen LogP contribution in [0, 0.1) is 17.2 Å². The lowest BCUT2D eigenvalue weighted by atomic mass is 9.93. The summed E-state index contributed by atoms with van der Waals surface area (Å²) in [5, 5.41) is 22.9. The number of nitrogens with one attached hydrogen (secondary N) is 1. The number of aryl methyl sites for hydroxylation is 2. The zero-order valence-corrected chi connectivity index (χ0v) is 13.2. The highest BCUT2D eigenvalue weighted by Gasteiger charge is 2.23. The molecule has 4 nitrogen and oxygen atoms in total. The van der Waals surface area contributed by atoms with Gasteiger partial charge in [-0.1, -0.05) is 13.8 Å². The highest BCUT2D eigenvalue weighted by molar-refractivity contribution is 5.54. The number of pyridine rings is 1. The van der Waals surface area contributed by atoms with E-state index >= 15 is 0 Å². The van der Waals surface area contributed by atoms with Crippen molar-refractivity contribution >= 4 is 5.82 Å². The van der Waals surface area contributed by atoms with Gasteiger partial charge in [0.1, 0.15) is 11.9 Å². The van der Waals surface area contributed by atoms with Gasteiger partial charge in [0.05, 0.1) is 11.2 Å². The van der Waals surface area contributed by atoms with Crippen LogP contribution in [0.1, 0.15) is 56.9 Å². The maximum Gasteiger partial charge on any atom is 0.144 e. The summed E-state index contributed by atoms with van der Waals surface area (Å²) in [5.74, 6) is 1.04. The van der Waals surface area contributed by atoms with E-state index in [9.17, 15) is 10.4 Å². The summed E-state index contributed by atoms with van der Waals surface area (Å²) < 4.78 is 0. The molecule has 1 aliphatic rings. The van der Waals surface area contributed by atoms with Gasteiger partial charge in [0.25, 0.3) is 0 Å².